The lowest BCUT2D eigenvalue weighted by Gasteiger charge is -2.34. The number of nitrogens with two attached hydrogens (primary N) is 1. The van der Waals surface area contributed by atoms with Crippen molar-refractivity contribution in [2.24, 2.45) is 11.7 Å². The summed E-state index contributed by atoms with van der Waals surface area (Å²) in [6.07, 6.45) is 5.54. The molecule has 5 heteroatoms. The zero-order chi connectivity index (χ0) is 15.0. The second kappa shape index (κ2) is 5.61. The van der Waals surface area contributed by atoms with Crippen molar-refractivity contribution in [3.8, 4) is 5.75 Å². The van der Waals surface area contributed by atoms with Crippen molar-refractivity contribution in [1.29, 1.82) is 0 Å². The SMILES string of the molecule is CS(=O)(=O)C1CCCC(C(N)C2Cc3ccccc3O2)C1. The Labute approximate surface area is 126 Å². The van der Waals surface area contributed by atoms with E-state index >= 15 is 0 Å². The Kier molecular flexibility index (Phi) is 3.97. The topological polar surface area (TPSA) is 69.4 Å². The minimum absolute atomic E-state index is 0.0225. The molecule has 21 heavy (non-hydrogen) atoms. The van der Waals surface area contributed by atoms with E-state index in [2.05, 4.69) is 6.07 Å². The molecule has 0 saturated heterocycles. The Morgan fingerprint density at radius 3 is 2.76 bits per heavy atom. The molecule has 0 aromatic heterocycles. The highest BCUT2D eigenvalue weighted by molar-refractivity contribution is 7.91. The molecule has 0 bridgehead atoms. The van der Waals surface area contributed by atoms with Crippen LogP contribution in [-0.4, -0.2) is 32.1 Å². The molecule has 1 aliphatic heterocycles. The molecule has 1 fully saturated rings. The largest absolute Gasteiger partial charge is 0.488 e. The van der Waals surface area contributed by atoms with Crippen LogP contribution in [0.1, 0.15) is 31.2 Å². The zero-order valence-electron chi connectivity index (χ0n) is 12.4. The molecule has 0 amide bonds. The summed E-state index contributed by atoms with van der Waals surface area (Å²) in [5, 5.41) is -0.230. The predicted molar refractivity (Wildman–Crippen MR) is 83.1 cm³/mol. The molecule has 0 spiro atoms. The fraction of sp³-hybridized carbons (Fsp3) is 0.625. The summed E-state index contributed by atoms with van der Waals surface area (Å²) in [7, 11) is -2.97. The van der Waals surface area contributed by atoms with Crippen molar-refractivity contribution in [3.05, 3.63) is 29.8 Å². The quantitative estimate of drug-likeness (QED) is 0.926. The lowest BCUT2D eigenvalue weighted by molar-refractivity contribution is 0.146. The molecule has 0 radical (unpaired) electrons. The molecule has 116 valence electrons. The highest BCUT2D eigenvalue weighted by Gasteiger charge is 2.37. The van der Waals surface area contributed by atoms with E-state index in [1.165, 1.54) is 11.8 Å². The van der Waals surface area contributed by atoms with Crippen LogP contribution in [0.4, 0.5) is 0 Å². The van der Waals surface area contributed by atoms with Crippen LogP contribution in [0.2, 0.25) is 0 Å². The molecule has 1 heterocycles. The van der Waals surface area contributed by atoms with Crippen LogP contribution < -0.4 is 10.5 Å². The summed E-state index contributed by atoms with van der Waals surface area (Å²) in [5.74, 6) is 1.16. The molecule has 2 aliphatic rings. The predicted octanol–water partition coefficient (Wildman–Crippen LogP) is 1.92. The van der Waals surface area contributed by atoms with Gasteiger partial charge >= 0.3 is 0 Å². The van der Waals surface area contributed by atoms with Crippen molar-refractivity contribution in [3.63, 3.8) is 0 Å². The molecule has 4 atom stereocenters. The van der Waals surface area contributed by atoms with Crippen molar-refractivity contribution >= 4 is 9.84 Å². The van der Waals surface area contributed by atoms with Crippen LogP contribution >= 0.6 is 0 Å². The minimum atomic E-state index is -2.97. The first-order valence-corrected chi connectivity index (χ1v) is 9.59. The Morgan fingerprint density at radius 2 is 2.05 bits per heavy atom. The molecule has 1 aromatic rings. The lowest BCUT2D eigenvalue weighted by Crippen LogP contribution is -2.46. The average Bonchev–Trinajstić information content (AvgIpc) is 2.89. The van der Waals surface area contributed by atoms with Gasteiger partial charge in [-0.05, 0) is 36.8 Å². The zero-order valence-corrected chi connectivity index (χ0v) is 13.2. The van der Waals surface area contributed by atoms with Gasteiger partial charge in [-0.3, -0.25) is 0 Å². The maximum absolute atomic E-state index is 11.8. The third kappa shape index (κ3) is 3.09. The third-order valence-electron chi connectivity index (χ3n) is 4.92. The van der Waals surface area contributed by atoms with E-state index in [9.17, 15) is 8.42 Å². The summed E-state index contributed by atoms with van der Waals surface area (Å²) in [5.41, 5.74) is 7.62. The lowest BCUT2D eigenvalue weighted by atomic mass is 9.81. The van der Waals surface area contributed by atoms with Gasteiger partial charge in [0.15, 0.2) is 0 Å². The van der Waals surface area contributed by atoms with Crippen molar-refractivity contribution in [1.82, 2.24) is 0 Å². The molecular formula is C16H23NO3S. The Balaban J connectivity index is 1.68. The van der Waals surface area contributed by atoms with E-state index in [0.717, 1.165) is 31.4 Å². The Morgan fingerprint density at radius 1 is 1.29 bits per heavy atom. The van der Waals surface area contributed by atoms with E-state index in [1.54, 1.807) is 0 Å². The summed E-state index contributed by atoms with van der Waals surface area (Å²) >= 11 is 0. The van der Waals surface area contributed by atoms with E-state index in [1.807, 2.05) is 18.2 Å². The maximum Gasteiger partial charge on any atom is 0.150 e. The van der Waals surface area contributed by atoms with Gasteiger partial charge in [-0.2, -0.15) is 0 Å². The number of rotatable bonds is 3. The monoisotopic (exact) mass is 309 g/mol. The first kappa shape index (κ1) is 14.9. The van der Waals surface area contributed by atoms with Crippen molar-refractivity contribution < 1.29 is 13.2 Å². The van der Waals surface area contributed by atoms with Gasteiger partial charge in [0, 0.05) is 18.7 Å². The van der Waals surface area contributed by atoms with Crippen LogP contribution in [-0.2, 0) is 16.3 Å². The third-order valence-corrected chi connectivity index (χ3v) is 6.56. The number of hydrogen-bond donors (Lipinski definition) is 1. The molecule has 2 N–H and O–H groups in total. The summed E-state index contributed by atoms with van der Waals surface area (Å²) in [4.78, 5) is 0. The molecule has 1 aromatic carbocycles. The van der Waals surface area contributed by atoms with Crippen LogP contribution in [0, 0.1) is 5.92 Å². The normalized spacial score (nSPS) is 30.5. The molecule has 4 nitrogen and oxygen atoms in total. The fourth-order valence-electron chi connectivity index (χ4n) is 3.65. The van der Waals surface area contributed by atoms with E-state index in [-0.39, 0.29) is 23.3 Å². The van der Waals surface area contributed by atoms with E-state index in [0.29, 0.717) is 6.42 Å². The van der Waals surface area contributed by atoms with Gasteiger partial charge in [-0.1, -0.05) is 24.6 Å². The average molecular weight is 309 g/mol. The second-order valence-corrected chi connectivity index (χ2v) is 8.75. The fourth-order valence-corrected chi connectivity index (χ4v) is 4.84. The van der Waals surface area contributed by atoms with Gasteiger partial charge in [-0.15, -0.1) is 0 Å². The molecule has 1 saturated carbocycles. The molecule has 1 aliphatic carbocycles. The first-order valence-electron chi connectivity index (χ1n) is 7.64. The van der Waals surface area contributed by atoms with Crippen LogP contribution in [0.5, 0.6) is 5.75 Å². The highest BCUT2D eigenvalue weighted by atomic mass is 32.2. The van der Waals surface area contributed by atoms with Gasteiger partial charge in [0.25, 0.3) is 0 Å². The minimum Gasteiger partial charge on any atom is -0.488 e. The Hall–Kier alpha value is -1.07. The number of benzene rings is 1. The number of ether oxygens (including phenoxy) is 1. The van der Waals surface area contributed by atoms with Gasteiger partial charge < -0.3 is 10.5 Å². The van der Waals surface area contributed by atoms with Gasteiger partial charge in [0.1, 0.15) is 21.7 Å². The highest BCUT2D eigenvalue weighted by Crippen LogP contribution is 2.35. The van der Waals surface area contributed by atoms with Crippen LogP contribution in [0.3, 0.4) is 0 Å². The smallest absolute Gasteiger partial charge is 0.150 e. The van der Waals surface area contributed by atoms with Crippen LogP contribution in [0.15, 0.2) is 24.3 Å². The van der Waals surface area contributed by atoms with Crippen LogP contribution in [0.25, 0.3) is 0 Å². The van der Waals surface area contributed by atoms with Crippen molar-refractivity contribution in [2.75, 3.05) is 6.26 Å². The molecule has 3 rings (SSSR count). The Bertz CT molecular complexity index is 589. The second-order valence-electron chi connectivity index (χ2n) is 6.42. The summed E-state index contributed by atoms with van der Waals surface area (Å²) < 4.78 is 29.5. The van der Waals surface area contributed by atoms with Gasteiger partial charge in [-0.25, -0.2) is 8.42 Å². The first-order chi connectivity index (χ1) is 9.95. The maximum atomic E-state index is 11.8. The number of fused-ring (bicyclic) bond motifs is 1. The standard InChI is InChI=1S/C16H23NO3S/c1-21(18,19)13-7-4-6-12(9-13)16(17)15-10-11-5-2-3-8-14(11)20-15/h2-3,5,8,12-13,15-16H,4,6-7,9-10,17H2,1H3. The number of sulfone groups is 1. The van der Waals surface area contributed by atoms with Crippen molar-refractivity contribution in [2.45, 2.75) is 49.5 Å². The summed E-state index contributed by atoms with van der Waals surface area (Å²) in [6, 6.07) is 7.93. The van der Waals surface area contributed by atoms with E-state index in [4.69, 9.17) is 10.5 Å². The van der Waals surface area contributed by atoms with E-state index < -0.39 is 9.84 Å². The van der Waals surface area contributed by atoms with Gasteiger partial charge in [0.2, 0.25) is 0 Å². The molecule has 4 unspecified atom stereocenters. The number of hydrogen-bond acceptors (Lipinski definition) is 4. The molecular weight excluding hydrogens is 286 g/mol. The van der Waals surface area contributed by atoms with Gasteiger partial charge in [0.05, 0.1) is 5.25 Å². The number of para-hydroxylation sites is 1. The summed E-state index contributed by atoms with van der Waals surface area (Å²) in [6.45, 7) is 0.